The van der Waals surface area contributed by atoms with Gasteiger partial charge in [-0.3, -0.25) is 14.2 Å². The molecule has 0 spiro atoms. The van der Waals surface area contributed by atoms with E-state index in [4.69, 9.17) is 14.2 Å². The van der Waals surface area contributed by atoms with Gasteiger partial charge in [0.05, 0.1) is 0 Å². The molecule has 0 rings (SSSR count). The van der Waals surface area contributed by atoms with Gasteiger partial charge in [0, 0.05) is 0 Å². The minimum atomic E-state index is 0. The van der Waals surface area contributed by atoms with E-state index in [1.54, 1.807) is 0 Å². The van der Waals surface area contributed by atoms with Crippen molar-refractivity contribution in [3.05, 3.63) is 0 Å². The Morgan fingerprint density at radius 1 is 0.129 bits per heavy atom. The Hall–Kier alpha value is -0.210. The van der Waals surface area contributed by atoms with E-state index in [1.807, 2.05) is 0 Å². The molecule has 0 bridgehead atoms. The van der Waals surface area contributed by atoms with Crippen LogP contribution < -0.4 is 0 Å². The molecule has 0 nitrogen and oxygen atoms in total. The van der Waals surface area contributed by atoms with Crippen molar-refractivity contribution in [2.24, 2.45) is 0 Å². The highest BCUT2D eigenvalue weighted by Gasteiger charge is -0.0502. The van der Waals surface area contributed by atoms with Gasteiger partial charge in [0.2, 0.25) is 0 Å². The second-order valence-electron chi connectivity index (χ2n) is 0. The molecule has 0 amide bonds. The maximum Gasteiger partial charge on any atom is 0.269 e. The SMILES string of the molecule is C.C.C.C.C.C.C.C.C.C.C.C.C.C.C.C.C.C.C.C.C.C.C.C.C.C.C.C.[3H]F.[3H]F.[3H]F. The van der Waals surface area contributed by atoms with Gasteiger partial charge in [0.1, 0.15) is 0 Å². The summed E-state index contributed by atoms with van der Waals surface area (Å²) in [6, 6.07) is 0. The zero-order chi connectivity index (χ0) is 6.00. The van der Waals surface area contributed by atoms with Crippen molar-refractivity contribution in [2.75, 3.05) is 0 Å². The average molecular weight is 515 g/mol. The standard InChI is InChI=1S/28CH4.3FH/h28*1H4;3*1H/i/hT3. The summed E-state index contributed by atoms with van der Waals surface area (Å²) in [5.74, 6) is 0. The van der Waals surface area contributed by atoms with E-state index in [2.05, 4.69) is 4.35 Å². The van der Waals surface area contributed by atoms with Gasteiger partial charge in [-0.05, 0) is 0 Å². The van der Waals surface area contributed by atoms with Crippen LogP contribution in [0.4, 0.5) is 14.2 Å². The largest absolute Gasteiger partial charge is 0.269 e. The monoisotopic (exact) mass is 515 g/mol. The lowest BCUT2D eigenvalue weighted by molar-refractivity contribution is 1.11. The molecular formula is C28H115F3. The van der Waals surface area contributed by atoms with Crippen molar-refractivity contribution in [3.8, 4) is 0 Å². The number of hydrogen-bond donors (Lipinski definition) is 0. The van der Waals surface area contributed by atoms with E-state index < -0.39 is 0 Å². The highest BCUT2D eigenvalue weighted by molar-refractivity contribution is 2.53. The molecule has 0 heterocycles. The van der Waals surface area contributed by atoms with Gasteiger partial charge >= 0.3 is 0 Å². The predicted molar refractivity (Wildman–Crippen MR) is 196 cm³/mol. The second kappa shape index (κ2) is 560000. The van der Waals surface area contributed by atoms with Gasteiger partial charge in [0.15, 0.2) is 0 Å². The molecular weight excluding hydrogens is 393 g/mol. The third-order valence-electron chi connectivity index (χ3n) is 0. The maximum absolute atomic E-state index is 8.75. The van der Waals surface area contributed by atoms with E-state index in [1.165, 1.54) is 0 Å². The first-order chi connectivity index (χ1) is 3.00. The Morgan fingerprint density at radius 2 is 0.129 bits per heavy atom. The first-order valence-electron chi connectivity index (χ1n) is 1.13. The number of rotatable bonds is 0. The summed E-state index contributed by atoms with van der Waals surface area (Å²) in [5, 5.41) is 0. The molecule has 0 unspecified atom stereocenters. The fraction of sp³-hybridized carbons (Fsp3) is 1.00. The molecule has 0 N–H and O–H groups in total. The highest BCUT2D eigenvalue weighted by Crippen LogP contribution is 0.423. The maximum atomic E-state index is 8.75. The Bertz CT molecular complexity index is 28.9. The quantitative estimate of drug-likeness (QED) is 0.301. The van der Waals surface area contributed by atoms with E-state index in [9.17, 15) is 0 Å². The fourth-order valence-corrected chi connectivity index (χ4v) is 0. The Morgan fingerprint density at radius 3 is 0.129 bits per heavy atom. The van der Waals surface area contributed by atoms with Crippen LogP contribution in [0.3, 0.4) is 0 Å². The molecule has 0 aromatic heterocycles. The summed E-state index contributed by atoms with van der Waals surface area (Å²) < 4.78 is 39.0. The topological polar surface area (TPSA) is 0 Å². The van der Waals surface area contributed by atoms with Crippen LogP contribution in [0.2, 0.25) is 0 Å². The average Bonchev–Trinajstić information content (AvgIpc) is 1.81. The lowest BCUT2D eigenvalue weighted by Gasteiger charge is -0.270. The zero-order valence-electron chi connectivity index (χ0n) is 4.13. The van der Waals surface area contributed by atoms with Gasteiger partial charge in [-0.2, -0.15) is 0 Å². The van der Waals surface area contributed by atoms with Crippen LogP contribution in [0, 0.1) is 0 Å². The zero-order valence-corrected chi connectivity index (χ0v) is 1.13. The first-order valence-corrected chi connectivity index (χ1v) is 0. The van der Waals surface area contributed by atoms with E-state index in [0.29, 0.717) is 0 Å². The van der Waals surface area contributed by atoms with Crippen LogP contribution in [-0.2, 0) is 0 Å². The van der Waals surface area contributed by atoms with Crippen molar-refractivity contribution in [1.82, 2.24) is 0 Å². The lowest BCUT2D eigenvalue weighted by Crippen LogP contribution is 0.143. The smallest absolute Gasteiger partial charge is 0.269 e. The molecule has 0 saturated heterocycles. The summed E-state index contributed by atoms with van der Waals surface area (Å²) in [6.07, 6.45) is 0. The van der Waals surface area contributed by atoms with Crippen LogP contribution in [0.1, 0.15) is 208 Å². The third kappa shape index (κ3) is 522000. The molecule has 0 aromatic carbocycles. The molecule has 0 aliphatic carbocycles. The van der Waals surface area contributed by atoms with Crippen molar-refractivity contribution < 1.29 is 14.2 Å². The predicted octanol–water partition coefficient (Wildman–Crippen LogP) is 18.3. The third-order valence-corrected chi connectivity index (χ3v) is 0. The molecule has 0 aliphatic heterocycles. The molecule has 0 aliphatic rings. The molecule has 0 atom stereocenters. The van der Waals surface area contributed by atoms with Crippen molar-refractivity contribution >= 4 is 0 Å². The van der Waals surface area contributed by atoms with Crippen LogP contribution in [0.25, 0.3) is 0 Å². The van der Waals surface area contributed by atoms with Crippen molar-refractivity contribution in [2.45, 2.75) is 208 Å². The summed E-state index contributed by atoms with van der Waals surface area (Å²) in [7, 11) is 0. The summed E-state index contributed by atoms with van der Waals surface area (Å²) in [5.41, 5.74) is 0. The summed E-state index contributed by atoms with van der Waals surface area (Å²) in [6.45, 7) is 0. The first kappa shape index (κ1) is 3510. The van der Waals surface area contributed by atoms with Gasteiger partial charge < -0.3 is 0 Å². The van der Waals surface area contributed by atoms with Gasteiger partial charge in [-0.25, -0.2) is 0 Å². The van der Waals surface area contributed by atoms with E-state index in [0.717, 1.165) is 0 Å². The van der Waals surface area contributed by atoms with Crippen LogP contribution in [-0.4, -0.2) is 4.35 Å². The number of hydrogen-bond acceptors (Lipinski definition) is 0. The highest BCUT2D eigenvalue weighted by atomic mass is 19.0. The van der Waals surface area contributed by atoms with E-state index >= 15 is 0 Å². The van der Waals surface area contributed by atoms with Gasteiger partial charge in [-0.15, -0.1) is 0 Å². The number of halogens is 3. The fourth-order valence-electron chi connectivity index (χ4n) is 0. The molecule has 0 fully saturated rings. The molecule has 0 saturated carbocycles. The normalized spacial score (nSPS) is 0.677. The summed E-state index contributed by atoms with van der Waals surface area (Å²) in [4.78, 5) is 0. The van der Waals surface area contributed by atoms with Crippen LogP contribution in [0.15, 0.2) is 0 Å². The Balaban J connectivity index is -0.0000000000970. The molecule has 248 valence electrons. The van der Waals surface area contributed by atoms with Gasteiger partial charge in [-0.1, -0.05) is 208 Å². The lowest BCUT2D eigenvalue weighted by atomic mass is 12.0. The Kier molecular flexibility index (Phi) is 63400000. The van der Waals surface area contributed by atoms with Gasteiger partial charge in [0.25, 0.3) is 4.35 Å². The van der Waals surface area contributed by atoms with Crippen molar-refractivity contribution in [3.63, 3.8) is 0 Å². The molecule has 0 aromatic rings. The van der Waals surface area contributed by atoms with E-state index in [-0.39, 0.29) is 208 Å². The minimum Gasteiger partial charge on any atom is -0.269 e. The minimum absolute atomic E-state index is 0. The van der Waals surface area contributed by atoms with Crippen LogP contribution in [0.5, 0.6) is 0 Å². The molecule has 3 heteroatoms. The Labute approximate surface area is 227 Å². The molecule has 0 radical (unpaired) electrons. The summed E-state index contributed by atoms with van der Waals surface area (Å²) >= 11 is 0. The molecule has 31 heavy (non-hydrogen) atoms. The second-order valence-corrected chi connectivity index (χ2v) is 0. The van der Waals surface area contributed by atoms with Crippen LogP contribution >= 0.6 is 0 Å². The van der Waals surface area contributed by atoms with Crippen molar-refractivity contribution in [1.29, 1.82) is 4.35 Å².